The maximum absolute atomic E-state index is 12.6. The number of allylic oxidation sites excluding steroid dienone is 14. The van der Waals surface area contributed by atoms with Gasteiger partial charge in [0.1, 0.15) is 13.2 Å². The van der Waals surface area contributed by atoms with Crippen molar-refractivity contribution >= 4 is 17.9 Å². The van der Waals surface area contributed by atoms with Crippen molar-refractivity contribution in [3.8, 4) is 0 Å². The van der Waals surface area contributed by atoms with Gasteiger partial charge >= 0.3 is 17.9 Å². The van der Waals surface area contributed by atoms with Crippen molar-refractivity contribution in [3.63, 3.8) is 0 Å². The third-order valence-electron chi connectivity index (χ3n) is 8.38. The minimum atomic E-state index is -0.805. The van der Waals surface area contributed by atoms with Crippen LogP contribution in [0.3, 0.4) is 0 Å². The fourth-order valence-corrected chi connectivity index (χ4v) is 5.23. The van der Waals surface area contributed by atoms with Gasteiger partial charge in [-0.1, -0.05) is 164 Å². The van der Waals surface area contributed by atoms with Crippen LogP contribution in [0.4, 0.5) is 0 Å². The molecule has 1 unspecified atom stereocenters. The van der Waals surface area contributed by atoms with Crippen LogP contribution in [0.25, 0.3) is 0 Å². The van der Waals surface area contributed by atoms with Crippen molar-refractivity contribution in [1.82, 2.24) is 0 Å². The highest BCUT2D eigenvalue weighted by Gasteiger charge is 2.19. The average Bonchev–Trinajstić information content (AvgIpc) is 3.15. The third-order valence-corrected chi connectivity index (χ3v) is 8.38. The quantitative estimate of drug-likeness (QED) is 0.0276. The van der Waals surface area contributed by atoms with Gasteiger partial charge in [0.15, 0.2) is 6.10 Å². The molecule has 0 amide bonds. The first-order valence-corrected chi connectivity index (χ1v) is 21.1. The highest BCUT2D eigenvalue weighted by Crippen LogP contribution is 2.11. The largest absolute Gasteiger partial charge is 0.462 e. The van der Waals surface area contributed by atoms with Gasteiger partial charge in [-0.3, -0.25) is 14.4 Å². The molecule has 6 heteroatoms. The molecular weight excluding hydrogens is 661 g/mol. The van der Waals surface area contributed by atoms with Crippen molar-refractivity contribution < 1.29 is 28.6 Å². The monoisotopic (exact) mass is 737 g/mol. The lowest BCUT2D eigenvalue weighted by atomic mass is 10.1. The van der Waals surface area contributed by atoms with E-state index in [-0.39, 0.29) is 37.5 Å². The number of esters is 3. The van der Waals surface area contributed by atoms with Crippen LogP contribution in [-0.2, 0) is 28.6 Å². The molecule has 0 radical (unpaired) electrons. The van der Waals surface area contributed by atoms with E-state index in [1.54, 1.807) is 0 Å². The second-order valence-corrected chi connectivity index (χ2v) is 13.5. The fourth-order valence-electron chi connectivity index (χ4n) is 5.23. The molecule has 0 rings (SSSR count). The summed E-state index contributed by atoms with van der Waals surface area (Å²) in [4.78, 5) is 37.4. The molecule has 0 aromatic rings. The molecule has 300 valence electrons. The van der Waals surface area contributed by atoms with Crippen LogP contribution < -0.4 is 0 Å². The van der Waals surface area contributed by atoms with E-state index in [2.05, 4.69) is 93.7 Å². The molecule has 0 saturated heterocycles. The van der Waals surface area contributed by atoms with Gasteiger partial charge in [0.2, 0.25) is 0 Å². The minimum Gasteiger partial charge on any atom is -0.462 e. The molecule has 0 fully saturated rings. The summed E-state index contributed by atoms with van der Waals surface area (Å²) in [5.74, 6) is -1.03. The lowest BCUT2D eigenvalue weighted by Crippen LogP contribution is -2.30. The Morgan fingerprint density at radius 3 is 1.34 bits per heavy atom. The molecule has 0 aliphatic heterocycles. The van der Waals surface area contributed by atoms with Gasteiger partial charge in [0.25, 0.3) is 0 Å². The fraction of sp³-hybridized carbons (Fsp3) is 0.638. The third kappa shape index (κ3) is 39.6. The summed E-state index contributed by atoms with van der Waals surface area (Å²) in [7, 11) is 0. The highest BCUT2D eigenvalue weighted by atomic mass is 16.6. The van der Waals surface area contributed by atoms with Crippen LogP contribution >= 0.6 is 0 Å². The predicted octanol–water partition coefficient (Wildman–Crippen LogP) is 13.3. The van der Waals surface area contributed by atoms with Crippen LogP contribution in [0.5, 0.6) is 0 Å². The molecule has 6 nitrogen and oxygen atoms in total. The number of unbranched alkanes of at least 4 members (excludes halogenated alkanes) is 11. The van der Waals surface area contributed by atoms with Crippen LogP contribution in [0.2, 0.25) is 0 Å². The van der Waals surface area contributed by atoms with Gasteiger partial charge in [0, 0.05) is 19.3 Å². The molecule has 0 aliphatic carbocycles. The van der Waals surface area contributed by atoms with Crippen LogP contribution in [-0.4, -0.2) is 37.2 Å². The van der Waals surface area contributed by atoms with Crippen LogP contribution in [0.15, 0.2) is 85.1 Å². The Bertz CT molecular complexity index is 1080. The van der Waals surface area contributed by atoms with E-state index in [0.717, 1.165) is 96.3 Å². The van der Waals surface area contributed by atoms with Crippen molar-refractivity contribution in [1.29, 1.82) is 0 Å². The van der Waals surface area contributed by atoms with E-state index in [1.165, 1.54) is 32.1 Å². The van der Waals surface area contributed by atoms with Crippen molar-refractivity contribution in [2.24, 2.45) is 0 Å². The van der Waals surface area contributed by atoms with E-state index in [4.69, 9.17) is 14.2 Å². The van der Waals surface area contributed by atoms with Crippen molar-refractivity contribution in [2.75, 3.05) is 13.2 Å². The first-order valence-electron chi connectivity index (χ1n) is 21.1. The molecule has 0 saturated carbocycles. The number of carbonyl (C=O) groups is 3. The topological polar surface area (TPSA) is 78.9 Å². The SMILES string of the molecule is CC/C=C\C/C=C\C/C=C\C/C=C\C/C=C\C/C=C\CCC(=O)OCC(COC(=O)CCCCCCCC)OC(=O)CCCCCCC/C=C\CCC. The number of hydrogen-bond donors (Lipinski definition) is 0. The van der Waals surface area contributed by atoms with Crippen molar-refractivity contribution in [3.05, 3.63) is 85.1 Å². The Hall–Kier alpha value is -3.41. The van der Waals surface area contributed by atoms with Gasteiger partial charge in [-0.05, 0) is 77.0 Å². The first-order chi connectivity index (χ1) is 26.0. The maximum atomic E-state index is 12.6. The Kier molecular flexibility index (Phi) is 38.7. The number of hydrogen-bond acceptors (Lipinski definition) is 6. The van der Waals surface area contributed by atoms with E-state index in [9.17, 15) is 14.4 Å². The molecule has 0 aromatic carbocycles. The molecule has 0 aliphatic rings. The number of carbonyl (C=O) groups excluding carboxylic acids is 3. The highest BCUT2D eigenvalue weighted by molar-refractivity contribution is 5.71. The average molecular weight is 737 g/mol. The lowest BCUT2D eigenvalue weighted by molar-refractivity contribution is -0.166. The summed E-state index contributed by atoms with van der Waals surface area (Å²) in [5.41, 5.74) is 0. The Morgan fingerprint density at radius 1 is 0.396 bits per heavy atom. The Morgan fingerprint density at radius 2 is 0.811 bits per heavy atom. The van der Waals surface area contributed by atoms with E-state index in [1.807, 2.05) is 12.2 Å². The minimum absolute atomic E-state index is 0.105. The summed E-state index contributed by atoms with van der Waals surface area (Å²) in [6.45, 7) is 6.29. The first kappa shape index (κ1) is 49.6. The molecule has 1 atom stereocenters. The normalized spacial score (nSPS) is 12.9. The van der Waals surface area contributed by atoms with Crippen LogP contribution in [0, 0.1) is 0 Å². The van der Waals surface area contributed by atoms with Gasteiger partial charge in [-0.25, -0.2) is 0 Å². The molecule has 0 aromatic heterocycles. The van der Waals surface area contributed by atoms with E-state index >= 15 is 0 Å². The zero-order valence-electron chi connectivity index (χ0n) is 34.0. The predicted molar refractivity (Wildman–Crippen MR) is 224 cm³/mol. The zero-order chi connectivity index (χ0) is 38.7. The molecule has 0 spiro atoms. The molecule has 53 heavy (non-hydrogen) atoms. The molecular formula is C47H76O6. The lowest BCUT2D eigenvalue weighted by Gasteiger charge is -2.18. The summed E-state index contributed by atoms with van der Waals surface area (Å²) < 4.78 is 16.5. The molecule has 0 bridgehead atoms. The van der Waals surface area contributed by atoms with E-state index < -0.39 is 6.10 Å². The summed E-state index contributed by atoms with van der Waals surface area (Å²) in [5, 5.41) is 0. The molecule has 0 N–H and O–H groups in total. The maximum Gasteiger partial charge on any atom is 0.306 e. The van der Waals surface area contributed by atoms with E-state index in [0.29, 0.717) is 19.3 Å². The molecule has 0 heterocycles. The Labute approximate surface area is 325 Å². The van der Waals surface area contributed by atoms with Gasteiger partial charge in [0.05, 0.1) is 0 Å². The van der Waals surface area contributed by atoms with Crippen LogP contribution in [0.1, 0.15) is 175 Å². The Balaban J connectivity index is 4.41. The number of rotatable bonds is 36. The second kappa shape index (κ2) is 41.3. The summed E-state index contributed by atoms with van der Waals surface area (Å²) in [6.07, 6.45) is 51.7. The smallest absolute Gasteiger partial charge is 0.306 e. The van der Waals surface area contributed by atoms with Gasteiger partial charge < -0.3 is 14.2 Å². The summed E-state index contributed by atoms with van der Waals surface area (Å²) in [6, 6.07) is 0. The summed E-state index contributed by atoms with van der Waals surface area (Å²) >= 11 is 0. The second-order valence-electron chi connectivity index (χ2n) is 13.5. The zero-order valence-corrected chi connectivity index (χ0v) is 34.0. The standard InChI is InChI=1S/C47H76O6/c1-4-7-10-13-16-18-20-21-22-23-24-25-26-27-28-30-31-34-37-40-46(49)52-43-44(42-51-45(48)39-36-33-15-12-9-6-3)53-47(50)41-38-35-32-29-19-17-14-11-8-5-2/h7,10-11,14,16,18,21-22,24-25,27-28,31,34,44H,4-6,8-9,12-13,15,17,19-20,23,26,29-30,32-33,35-43H2,1-3H3/b10-7-,14-11-,18-16-,22-21-,25-24-,28-27-,34-31-. The van der Waals surface area contributed by atoms with Crippen molar-refractivity contribution in [2.45, 2.75) is 181 Å². The van der Waals surface area contributed by atoms with Gasteiger partial charge in [-0.2, -0.15) is 0 Å². The van der Waals surface area contributed by atoms with Gasteiger partial charge in [-0.15, -0.1) is 0 Å². The number of ether oxygens (including phenoxy) is 3.